The van der Waals surface area contributed by atoms with E-state index in [0.717, 1.165) is 48.8 Å². The van der Waals surface area contributed by atoms with Gasteiger partial charge in [-0.3, -0.25) is 9.69 Å². The van der Waals surface area contributed by atoms with Gasteiger partial charge in [-0.2, -0.15) is 0 Å². The third-order valence-corrected chi connectivity index (χ3v) is 15.6. The maximum absolute atomic E-state index is 15.0. The Labute approximate surface area is 343 Å². The van der Waals surface area contributed by atoms with Crippen molar-refractivity contribution in [1.29, 1.82) is 0 Å². The van der Waals surface area contributed by atoms with Crippen LogP contribution >= 0.6 is 0 Å². The van der Waals surface area contributed by atoms with Crippen LogP contribution in [0.3, 0.4) is 0 Å². The summed E-state index contributed by atoms with van der Waals surface area (Å²) in [4.78, 5) is 17.2. The molecule has 3 aromatic carbocycles. The van der Waals surface area contributed by atoms with Gasteiger partial charge in [-0.05, 0) is 98.1 Å². The Balaban J connectivity index is 1.13. The number of ketones is 1. The number of aliphatic hydroxyl groups is 3. The van der Waals surface area contributed by atoms with E-state index < -0.39 is 34.1 Å². The number of benzene rings is 3. The number of hydrogen-bond acceptors (Lipinski definition) is 9. The molecule has 310 valence electrons. The van der Waals surface area contributed by atoms with Gasteiger partial charge in [0.05, 0.1) is 52.4 Å². The number of allylic oxidation sites excluding steroid dienone is 4. The van der Waals surface area contributed by atoms with Gasteiger partial charge in [-0.15, -0.1) is 0 Å². The summed E-state index contributed by atoms with van der Waals surface area (Å²) in [6.07, 6.45) is 11.0. The predicted molar refractivity (Wildman–Crippen MR) is 223 cm³/mol. The molecule has 0 amide bonds. The lowest BCUT2D eigenvalue weighted by atomic mass is 9.32. The second-order valence-electron chi connectivity index (χ2n) is 18.4. The van der Waals surface area contributed by atoms with Gasteiger partial charge in [0.15, 0.2) is 5.78 Å². The smallest absolute Gasteiger partial charge is 0.189 e. The largest absolute Gasteiger partial charge is 0.497 e. The quantitative estimate of drug-likeness (QED) is 0.106. The van der Waals surface area contributed by atoms with E-state index in [1.165, 1.54) is 0 Å². The van der Waals surface area contributed by atoms with E-state index in [9.17, 15) is 20.1 Å². The van der Waals surface area contributed by atoms with Crippen LogP contribution in [0.1, 0.15) is 80.3 Å². The first kappa shape index (κ1) is 40.8. The summed E-state index contributed by atoms with van der Waals surface area (Å²) in [5.74, 6) is 2.26. The van der Waals surface area contributed by atoms with Crippen molar-refractivity contribution in [3.05, 3.63) is 113 Å². The number of nitrogens with zero attached hydrogens (tertiary/aromatic N) is 1. The van der Waals surface area contributed by atoms with Crippen LogP contribution in [-0.2, 0) is 17.9 Å². The van der Waals surface area contributed by atoms with Crippen LogP contribution in [0.25, 0.3) is 0 Å². The number of rotatable bonds is 15. The lowest BCUT2D eigenvalue weighted by Crippen LogP contribution is -2.67. The van der Waals surface area contributed by atoms with Crippen molar-refractivity contribution in [2.24, 2.45) is 33.5 Å². The van der Waals surface area contributed by atoms with E-state index in [1.807, 2.05) is 72.8 Å². The number of Topliss-reactive ketones (excluding diaryl/α,β-unsaturated/α-hetero) is 1. The normalized spacial score (nSPS) is 33.8. The summed E-state index contributed by atoms with van der Waals surface area (Å²) in [5.41, 5.74) is 0.609. The summed E-state index contributed by atoms with van der Waals surface area (Å²) < 4.78 is 22.7. The molecular formula is C49H61NO8. The van der Waals surface area contributed by atoms with Gasteiger partial charge in [-0.25, -0.2) is 0 Å². The van der Waals surface area contributed by atoms with E-state index in [4.69, 9.17) is 18.9 Å². The van der Waals surface area contributed by atoms with Crippen molar-refractivity contribution in [1.82, 2.24) is 4.90 Å². The highest BCUT2D eigenvalue weighted by atomic mass is 16.5. The van der Waals surface area contributed by atoms with Crippen molar-refractivity contribution in [3.63, 3.8) is 0 Å². The molecule has 0 saturated heterocycles. The summed E-state index contributed by atoms with van der Waals surface area (Å²) >= 11 is 0. The van der Waals surface area contributed by atoms with Crippen LogP contribution in [0.4, 0.5) is 0 Å². The highest BCUT2D eigenvalue weighted by molar-refractivity contribution is 6.10. The molecule has 9 heteroatoms. The molecule has 0 heterocycles. The van der Waals surface area contributed by atoms with Crippen LogP contribution in [0.2, 0.25) is 0 Å². The fourth-order valence-corrected chi connectivity index (χ4v) is 12.5. The molecule has 9 rings (SSSR count). The number of carbonyl (C=O) groups is 1. The fourth-order valence-electron chi connectivity index (χ4n) is 12.5. The fraction of sp³-hybridized carbons (Fsp3) is 0.531. The molecule has 0 aliphatic heterocycles. The molecule has 3 saturated carbocycles. The van der Waals surface area contributed by atoms with Gasteiger partial charge in [0.2, 0.25) is 0 Å². The molecule has 58 heavy (non-hydrogen) atoms. The van der Waals surface area contributed by atoms with E-state index in [1.54, 1.807) is 21.3 Å². The van der Waals surface area contributed by atoms with Crippen molar-refractivity contribution in [2.75, 3.05) is 41.0 Å². The van der Waals surface area contributed by atoms with Gasteiger partial charge >= 0.3 is 0 Å². The minimum Gasteiger partial charge on any atom is -0.497 e. The molecule has 0 radical (unpaired) electrons. The lowest BCUT2D eigenvalue weighted by molar-refractivity contribution is -0.177. The zero-order valence-corrected chi connectivity index (χ0v) is 34.8. The van der Waals surface area contributed by atoms with E-state index in [0.29, 0.717) is 55.4 Å². The number of carbonyl (C=O) groups excluding carboxylic acids is 1. The van der Waals surface area contributed by atoms with Gasteiger partial charge in [0.25, 0.3) is 0 Å². The van der Waals surface area contributed by atoms with Crippen LogP contribution < -0.4 is 14.2 Å². The monoisotopic (exact) mass is 791 g/mol. The summed E-state index contributed by atoms with van der Waals surface area (Å²) in [7, 11) is 4.90. The molecular weight excluding hydrogens is 731 g/mol. The first-order chi connectivity index (χ1) is 27.8. The number of methoxy groups -OCH3 is 3. The Morgan fingerprint density at radius 3 is 2.26 bits per heavy atom. The Kier molecular flexibility index (Phi) is 10.9. The number of hydrogen-bond donors (Lipinski definition) is 3. The maximum atomic E-state index is 15.0. The van der Waals surface area contributed by atoms with Crippen molar-refractivity contribution >= 4 is 5.78 Å². The molecule has 6 aliphatic rings. The van der Waals surface area contributed by atoms with Gasteiger partial charge in [-0.1, -0.05) is 68.5 Å². The second-order valence-corrected chi connectivity index (χ2v) is 18.4. The van der Waals surface area contributed by atoms with Gasteiger partial charge in [0.1, 0.15) is 17.2 Å². The number of aliphatic hydroxyl groups excluding tert-OH is 2. The standard InChI is InChI=1S/C49H61NO8/c1-45-20-17-36(51)26-47(45)23-24-49(40(27-47)44(53)34-11-14-38(55-3)15-12-34)42(45)18-21-46(2)43(49)19-22-48(46,54)32-50(28-35-13-16-39(56-4)25-41(35)57-5)29-37(52)31-58-30-33-9-7-6-8-10-33/h6-16,23-25,27,36-37,42-43,51-52,54H,17-22,26,28-32H2,1-5H3. The van der Waals surface area contributed by atoms with Crippen molar-refractivity contribution in [3.8, 4) is 17.2 Å². The highest BCUT2D eigenvalue weighted by Crippen LogP contribution is 2.78. The number of ether oxygens (including phenoxy) is 4. The third-order valence-electron chi connectivity index (χ3n) is 15.6. The van der Waals surface area contributed by atoms with Crippen LogP contribution in [-0.4, -0.2) is 84.8 Å². The Morgan fingerprint density at radius 1 is 0.845 bits per heavy atom. The average Bonchev–Trinajstić information content (AvgIpc) is 3.50. The molecule has 3 fully saturated rings. The van der Waals surface area contributed by atoms with Crippen LogP contribution in [0, 0.1) is 33.5 Å². The summed E-state index contributed by atoms with van der Waals surface area (Å²) in [5, 5.41) is 35.9. The molecule has 2 spiro atoms. The van der Waals surface area contributed by atoms with E-state index >= 15 is 0 Å². The Bertz CT molecular complexity index is 2030. The molecule has 9 atom stereocenters. The highest BCUT2D eigenvalue weighted by Gasteiger charge is 2.74. The first-order valence-corrected chi connectivity index (χ1v) is 21.1. The SMILES string of the molecule is COc1ccc(C(=O)C2=CC34C=CC25C(CCC2(C)C5CCC2(O)CN(Cc2ccc(OC)cc2OC)CC(O)COCc2ccccc2)C3(C)CCC(O)C4)cc1. The van der Waals surface area contributed by atoms with Crippen LogP contribution in [0.5, 0.6) is 17.2 Å². The first-order valence-electron chi connectivity index (χ1n) is 21.1. The maximum Gasteiger partial charge on any atom is 0.189 e. The average molecular weight is 792 g/mol. The van der Waals surface area contributed by atoms with Crippen LogP contribution in [0.15, 0.2) is 96.6 Å². The molecule has 9 unspecified atom stereocenters. The lowest BCUT2D eigenvalue weighted by Gasteiger charge is -2.71. The zero-order valence-electron chi connectivity index (χ0n) is 34.8. The topological polar surface area (TPSA) is 118 Å². The number of fused-ring (bicyclic) bond motifs is 1. The summed E-state index contributed by atoms with van der Waals surface area (Å²) in [6.45, 7) is 6.25. The van der Waals surface area contributed by atoms with Gasteiger partial charge < -0.3 is 34.3 Å². The predicted octanol–water partition coefficient (Wildman–Crippen LogP) is 7.57. The second kappa shape index (κ2) is 15.6. The Morgan fingerprint density at radius 2 is 1.53 bits per heavy atom. The zero-order chi connectivity index (χ0) is 40.9. The van der Waals surface area contributed by atoms with E-state index in [-0.39, 0.29) is 36.2 Å². The molecule has 3 N–H and O–H groups in total. The molecule has 3 aromatic rings. The minimum absolute atomic E-state index is 0.00748. The van der Waals surface area contributed by atoms with Crippen molar-refractivity contribution < 1.29 is 39.1 Å². The van der Waals surface area contributed by atoms with E-state index in [2.05, 4.69) is 37.0 Å². The molecule has 2 bridgehead atoms. The summed E-state index contributed by atoms with van der Waals surface area (Å²) in [6, 6.07) is 23.1. The third kappa shape index (κ3) is 6.62. The Hall–Kier alpha value is -3.99. The molecule has 9 nitrogen and oxygen atoms in total. The van der Waals surface area contributed by atoms with Crippen molar-refractivity contribution in [2.45, 2.75) is 89.8 Å². The molecule has 0 aromatic heterocycles. The molecule has 6 aliphatic carbocycles. The van der Waals surface area contributed by atoms with Gasteiger partial charge in [0, 0.05) is 58.6 Å². The minimum atomic E-state index is -1.13.